The van der Waals surface area contributed by atoms with Gasteiger partial charge in [-0.15, -0.1) is 0 Å². The van der Waals surface area contributed by atoms with Crippen LogP contribution >= 0.6 is 15.9 Å². The normalized spacial score (nSPS) is 24.7. The van der Waals surface area contributed by atoms with Gasteiger partial charge < -0.3 is 28.4 Å². The summed E-state index contributed by atoms with van der Waals surface area (Å²) in [6.45, 7) is 4.36. The van der Waals surface area contributed by atoms with E-state index < -0.39 is 54.6 Å². The second-order valence-electron chi connectivity index (χ2n) is 6.96. The molecule has 0 amide bonds. The summed E-state index contributed by atoms with van der Waals surface area (Å²) in [6.07, 6.45) is -6.10. The molecule has 2 rings (SSSR count). The van der Waals surface area contributed by atoms with Gasteiger partial charge in [0.1, 0.15) is 18.5 Å². The first-order valence-corrected chi connectivity index (χ1v) is 10.8. The van der Waals surface area contributed by atoms with E-state index in [1.165, 1.54) is 13.8 Å². The van der Waals surface area contributed by atoms with Crippen molar-refractivity contribution >= 4 is 39.8 Å². The van der Waals surface area contributed by atoms with E-state index in [4.69, 9.17) is 28.4 Å². The lowest BCUT2D eigenvalue weighted by Crippen LogP contribution is -2.63. The number of halogens is 1. The molecule has 176 valence electrons. The summed E-state index contributed by atoms with van der Waals surface area (Å²) in [5.74, 6) is -2.31. The SMILES string of the molecule is CC(=O)OC[C@H]1O[C@H](Oc2ccc(CBr)cc2)[C@H](OC(C)=O)[C@@H](OC(C)=O)[C@H]1OC(C)=O. The van der Waals surface area contributed by atoms with Crippen LogP contribution in [-0.4, -0.2) is 61.2 Å². The average molecular weight is 517 g/mol. The summed E-state index contributed by atoms with van der Waals surface area (Å²) in [7, 11) is 0. The van der Waals surface area contributed by atoms with Crippen molar-refractivity contribution in [1.29, 1.82) is 0 Å². The van der Waals surface area contributed by atoms with Crippen LogP contribution in [0.2, 0.25) is 0 Å². The third kappa shape index (κ3) is 7.49. The molecular weight excluding hydrogens is 492 g/mol. The average Bonchev–Trinajstić information content (AvgIpc) is 2.70. The van der Waals surface area contributed by atoms with E-state index in [1.54, 1.807) is 12.1 Å². The molecule has 1 aromatic carbocycles. The minimum atomic E-state index is -1.28. The monoisotopic (exact) mass is 516 g/mol. The van der Waals surface area contributed by atoms with Crippen LogP contribution in [-0.2, 0) is 48.2 Å². The van der Waals surface area contributed by atoms with Gasteiger partial charge in [0.25, 0.3) is 0 Å². The number of hydrogen-bond donors (Lipinski definition) is 0. The zero-order valence-electron chi connectivity index (χ0n) is 18.1. The Kier molecular flexibility index (Phi) is 9.45. The second-order valence-corrected chi connectivity index (χ2v) is 7.52. The number of esters is 4. The first-order valence-electron chi connectivity index (χ1n) is 9.72. The lowest BCUT2D eigenvalue weighted by Gasteiger charge is -2.43. The molecule has 1 heterocycles. The van der Waals surface area contributed by atoms with E-state index in [-0.39, 0.29) is 6.61 Å². The summed E-state index contributed by atoms with van der Waals surface area (Å²) in [6, 6.07) is 7.00. The number of hydrogen-bond acceptors (Lipinski definition) is 10. The number of alkyl halides is 1. The number of carbonyl (C=O) groups excluding carboxylic acids is 4. The zero-order chi connectivity index (χ0) is 23.8. The van der Waals surface area contributed by atoms with Gasteiger partial charge in [-0.25, -0.2) is 0 Å². The second kappa shape index (κ2) is 11.8. The van der Waals surface area contributed by atoms with Gasteiger partial charge in [0.05, 0.1) is 0 Å². The fourth-order valence-corrected chi connectivity index (χ4v) is 3.45. The largest absolute Gasteiger partial charge is 0.463 e. The first kappa shape index (κ1) is 25.6. The summed E-state index contributed by atoms with van der Waals surface area (Å²) in [5, 5.41) is 0.645. The zero-order valence-corrected chi connectivity index (χ0v) is 19.7. The molecule has 1 fully saturated rings. The molecule has 0 radical (unpaired) electrons. The number of carbonyl (C=O) groups is 4. The topological polar surface area (TPSA) is 124 Å². The van der Waals surface area contributed by atoms with Gasteiger partial charge in [-0.05, 0) is 17.7 Å². The molecule has 1 aliphatic heterocycles. The highest BCUT2D eigenvalue weighted by molar-refractivity contribution is 9.08. The maximum atomic E-state index is 11.8. The molecule has 5 atom stereocenters. The molecular formula is C21H25BrO10. The van der Waals surface area contributed by atoms with Crippen LogP contribution < -0.4 is 4.74 Å². The molecule has 0 saturated carbocycles. The first-order chi connectivity index (χ1) is 15.1. The Morgan fingerprint density at radius 3 is 1.84 bits per heavy atom. The molecule has 10 nitrogen and oxygen atoms in total. The van der Waals surface area contributed by atoms with E-state index in [9.17, 15) is 19.2 Å². The molecule has 1 aliphatic rings. The van der Waals surface area contributed by atoms with Crippen molar-refractivity contribution < 1.29 is 47.6 Å². The van der Waals surface area contributed by atoms with E-state index in [0.29, 0.717) is 11.1 Å². The van der Waals surface area contributed by atoms with E-state index >= 15 is 0 Å². The van der Waals surface area contributed by atoms with Crippen LogP contribution in [0.1, 0.15) is 33.3 Å². The molecule has 0 aliphatic carbocycles. The number of rotatable bonds is 8. The van der Waals surface area contributed by atoms with Gasteiger partial charge >= 0.3 is 23.9 Å². The standard InChI is InChI=1S/C21H25BrO10/c1-11(23)27-10-17-18(28-12(2)24)19(29-13(3)25)20(30-14(4)26)21(32-17)31-16-7-5-15(9-22)6-8-16/h5-8,17-21H,9-10H2,1-4H3/t17-,18+,19+,20-,21+/m1/s1. The van der Waals surface area contributed by atoms with Gasteiger partial charge in [0, 0.05) is 33.0 Å². The maximum absolute atomic E-state index is 11.8. The highest BCUT2D eigenvalue weighted by Crippen LogP contribution is 2.31. The van der Waals surface area contributed by atoms with Crippen molar-refractivity contribution in [2.45, 2.75) is 63.7 Å². The summed E-state index contributed by atoms with van der Waals surface area (Å²) in [5.41, 5.74) is 0.999. The van der Waals surface area contributed by atoms with Crippen LogP contribution in [0.3, 0.4) is 0 Å². The van der Waals surface area contributed by atoms with Crippen LogP contribution in [0.5, 0.6) is 5.75 Å². The molecule has 1 aromatic rings. The molecule has 32 heavy (non-hydrogen) atoms. The van der Waals surface area contributed by atoms with Crippen molar-refractivity contribution in [1.82, 2.24) is 0 Å². The molecule has 0 N–H and O–H groups in total. The molecule has 0 unspecified atom stereocenters. The van der Waals surface area contributed by atoms with Crippen molar-refractivity contribution in [3.8, 4) is 5.75 Å². The Labute approximate surface area is 193 Å². The lowest BCUT2D eigenvalue weighted by atomic mass is 9.98. The number of ether oxygens (including phenoxy) is 6. The Morgan fingerprint density at radius 1 is 0.812 bits per heavy atom. The fraction of sp³-hybridized carbons (Fsp3) is 0.524. The Balaban J connectivity index is 2.42. The number of benzene rings is 1. The molecule has 11 heteroatoms. The molecule has 0 bridgehead atoms. The highest BCUT2D eigenvalue weighted by atomic mass is 79.9. The third-order valence-electron chi connectivity index (χ3n) is 4.28. The maximum Gasteiger partial charge on any atom is 0.303 e. The van der Waals surface area contributed by atoms with Gasteiger partial charge in [-0.1, -0.05) is 28.1 Å². The fourth-order valence-electron chi connectivity index (χ4n) is 3.07. The van der Waals surface area contributed by atoms with Gasteiger partial charge in [-0.2, -0.15) is 0 Å². The van der Waals surface area contributed by atoms with E-state index in [0.717, 1.165) is 19.4 Å². The molecule has 1 saturated heterocycles. The summed E-state index contributed by atoms with van der Waals surface area (Å²) in [4.78, 5) is 46.7. The van der Waals surface area contributed by atoms with Crippen molar-refractivity contribution in [2.75, 3.05) is 6.61 Å². The Bertz CT molecular complexity index is 824. The molecule has 0 spiro atoms. The summed E-state index contributed by atoms with van der Waals surface area (Å²) >= 11 is 3.36. The Morgan fingerprint density at radius 2 is 1.34 bits per heavy atom. The minimum absolute atomic E-state index is 0.319. The van der Waals surface area contributed by atoms with Crippen LogP contribution in [0, 0.1) is 0 Å². The Hall–Kier alpha value is -2.66. The van der Waals surface area contributed by atoms with Gasteiger partial charge in [0.2, 0.25) is 12.4 Å². The third-order valence-corrected chi connectivity index (χ3v) is 4.93. The van der Waals surface area contributed by atoms with Gasteiger partial charge in [-0.3, -0.25) is 19.2 Å². The van der Waals surface area contributed by atoms with Crippen molar-refractivity contribution in [3.63, 3.8) is 0 Å². The van der Waals surface area contributed by atoms with Crippen LogP contribution in [0.15, 0.2) is 24.3 Å². The minimum Gasteiger partial charge on any atom is -0.463 e. The lowest BCUT2D eigenvalue weighted by molar-refractivity contribution is -0.288. The van der Waals surface area contributed by atoms with Crippen LogP contribution in [0.25, 0.3) is 0 Å². The predicted molar refractivity (Wildman–Crippen MR) is 112 cm³/mol. The predicted octanol–water partition coefficient (Wildman–Crippen LogP) is 2.04. The summed E-state index contributed by atoms with van der Waals surface area (Å²) < 4.78 is 32.8. The van der Waals surface area contributed by atoms with Crippen LogP contribution in [0.4, 0.5) is 0 Å². The van der Waals surface area contributed by atoms with Crippen molar-refractivity contribution in [3.05, 3.63) is 29.8 Å². The quantitative estimate of drug-likeness (QED) is 0.288. The van der Waals surface area contributed by atoms with Gasteiger partial charge in [0.15, 0.2) is 12.2 Å². The van der Waals surface area contributed by atoms with E-state index in [2.05, 4.69) is 15.9 Å². The molecule has 0 aromatic heterocycles. The smallest absolute Gasteiger partial charge is 0.303 e. The van der Waals surface area contributed by atoms with Crippen molar-refractivity contribution in [2.24, 2.45) is 0 Å². The van der Waals surface area contributed by atoms with E-state index in [1.807, 2.05) is 12.1 Å². The highest BCUT2D eigenvalue weighted by Gasteiger charge is 2.53.